The van der Waals surface area contributed by atoms with Gasteiger partial charge in [-0.15, -0.1) is 0 Å². The molecule has 1 unspecified atom stereocenters. The van der Waals surface area contributed by atoms with Gasteiger partial charge in [-0.25, -0.2) is 14.2 Å². The van der Waals surface area contributed by atoms with E-state index in [0.29, 0.717) is 43.1 Å². The normalized spacial score (nSPS) is 19.3. The van der Waals surface area contributed by atoms with Crippen molar-refractivity contribution in [3.8, 4) is 6.07 Å². The zero-order chi connectivity index (χ0) is 20.4. The van der Waals surface area contributed by atoms with E-state index in [1.165, 1.54) is 11.0 Å². The number of hydrogen-bond acceptors (Lipinski definition) is 7. The molecule has 2 fully saturated rings. The molecule has 29 heavy (non-hydrogen) atoms. The molecule has 0 saturated carbocycles. The largest absolute Gasteiger partial charge is 0.447 e. The van der Waals surface area contributed by atoms with Crippen LogP contribution in [0.1, 0.15) is 5.56 Å². The SMILES string of the molecule is N#Cc1ccc(N2CCN(c3ccc(N4C(=O)OCC4CO)cc3F)CC2)nc1. The van der Waals surface area contributed by atoms with Gasteiger partial charge in [0.05, 0.1) is 29.6 Å². The van der Waals surface area contributed by atoms with Crippen LogP contribution >= 0.6 is 0 Å². The number of rotatable bonds is 4. The van der Waals surface area contributed by atoms with Crippen LogP contribution in [0.4, 0.5) is 26.4 Å². The van der Waals surface area contributed by atoms with E-state index in [2.05, 4.69) is 9.88 Å². The molecule has 4 rings (SSSR count). The van der Waals surface area contributed by atoms with Crippen molar-refractivity contribution in [3.05, 3.63) is 47.9 Å². The van der Waals surface area contributed by atoms with Crippen molar-refractivity contribution in [1.82, 2.24) is 4.98 Å². The fourth-order valence-corrected chi connectivity index (χ4v) is 3.63. The zero-order valence-electron chi connectivity index (χ0n) is 15.7. The number of anilines is 3. The Labute approximate surface area is 167 Å². The summed E-state index contributed by atoms with van der Waals surface area (Å²) in [6, 6.07) is 9.72. The summed E-state index contributed by atoms with van der Waals surface area (Å²) in [6.07, 6.45) is 0.961. The molecule has 1 aromatic heterocycles. The predicted molar refractivity (Wildman–Crippen MR) is 104 cm³/mol. The first-order valence-corrected chi connectivity index (χ1v) is 9.33. The van der Waals surface area contributed by atoms with Crippen molar-refractivity contribution in [1.29, 1.82) is 5.26 Å². The second kappa shape index (κ2) is 7.93. The third kappa shape index (κ3) is 3.67. The van der Waals surface area contributed by atoms with Crippen LogP contribution < -0.4 is 14.7 Å². The molecule has 1 amide bonds. The molecular weight excluding hydrogens is 377 g/mol. The first-order valence-electron chi connectivity index (χ1n) is 9.33. The lowest BCUT2D eigenvalue weighted by molar-refractivity contribution is 0.174. The van der Waals surface area contributed by atoms with Crippen LogP contribution in [0, 0.1) is 17.1 Å². The number of aromatic nitrogens is 1. The van der Waals surface area contributed by atoms with Gasteiger partial charge in [0.1, 0.15) is 24.3 Å². The van der Waals surface area contributed by atoms with E-state index in [9.17, 15) is 14.3 Å². The fraction of sp³-hybridized carbons (Fsp3) is 0.350. The Morgan fingerprint density at radius 1 is 1.21 bits per heavy atom. The van der Waals surface area contributed by atoms with Crippen molar-refractivity contribution in [2.24, 2.45) is 0 Å². The van der Waals surface area contributed by atoms with Crippen LogP contribution in [0.25, 0.3) is 0 Å². The van der Waals surface area contributed by atoms with Crippen LogP contribution in [0.15, 0.2) is 36.5 Å². The lowest BCUT2D eigenvalue weighted by Gasteiger charge is -2.37. The molecule has 2 saturated heterocycles. The number of piperazine rings is 1. The first-order chi connectivity index (χ1) is 14.1. The predicted octanol–water partition coefficient (Wildman–Crippen LogP) is 1.74. The summed E-state index contributed by atoms with van der Waals surface area (Å²) in [5, 5.41) is 18.3. The number of cyclic esters (lactones) is 1. The second-order valence-electron chi connectivity index (χ2n) is 6.91. The smallest absolute Gasteiger partial charge is 0.414 e. The van der Waals surface area contributed by atoms with Crippen molar-refractivity contribution >= 4 is 23.3 Å². The van der Waals surface area contributed by atoms with E-state index in [1.54, 1.807) is 24.4 Å². The number of benzene rings is 1. The molecule has 0 bridgehead atoms. The Bertz CT molecular complexity index is 938. The Morgan fingerprint density at radius 2 is 1.97 bits per heavy atom. The van der Waals surface area contributed by atoms with Gasteiger partial charge in [-0.1, -0.05) is 0 Å². The van der Waals surface area contributed by atoms with E-state index < -0.39 is 18.0 Å². The molecule has 150 valence electrons. The molecule has 1 aromatic carbocycles. The highest BCUT2D eigenvalue weighted by molar-refractivity contribution is 5.90. The van der Waals surface area contributed by atoms with Crippen molar-refractivity contribution in [2.75, 3.05) is 54.1 Å². The van der Waals surface area contributed by atoms with Gasteiger partial charge in [0.15, 0.2) is 0 Å². The summed E-state index contributed by atoms with van der Waals surface area (Å²) < 4.78 is 19.8. The van der Waals surface area contributed by atoms with Gasteiger partial charge in [-0.3, -0.25) is 4.90 Å². The molecular formula is C20H20FN5O3. The molecule has 2 aromatic rings. The van der Waals surface area contributed by atoms with Gasteiger partial charge < -0.3 is 19.6 Å². The zero-order valence-corrected chi connectivity index (χ0v) is 15.7. The average molecular weight is 397 g/mol. The van der Waals surface area contributed by atoms with E-state index in [0.717, 1.165) is 5.82 Å². The van der Waals surface area contributed by atoms with Crippen LogP contribution in [-0.4, -0.2) is 61.6 Å². The molecule has 1 N–H and O–H groups in total. The van der Waals surface area contributed by atoms with Crippen molar-refractivity contribution < 1.29 is 19.0 Å². The number of halogens is 1. The lowest BCUT2D eigenvalue weighted by Crippen LogP contribution is -2.47. The number of pyridine rings is 1. The molecule has 0 radical (unpaired) electrons. The number of nitriles is 1. The molecule has 0 aliphatic carbocycles. The van der Waals surface area contributed by atoms with Gasteiger partial charge in [0.25, 0.3) is 0 Å². The van der Waals surface area contributed by atoms with Gasteiger partial charge in [0.2, 0.25) is 0 Å². The molecule has 2 aliphatic rings. The summed E-state index contributed by atoms with van der Waals surface area (Å²) >= 11 is 0. The van der Waals surface area contributed by atoms with Crippen LogP contribution in [0.3, 0.4) is 0 Å². The molecule has 2 aliphatic heterocycles. The average Bonchev–Trinajstić information content (AvgIpc) is 3.14. The standard InChI is InChI=1S/C20H20FN5O3/c21-17-9-15(26-16(12-27)13-29-20(26)28)2-3-18(17)24-5-7-25(8-6-24)19-4-1-14(10-22)11-23-19/h1-4,9,11,16,27H,5-8,12-13H2. The van der Waals surface area contributed by atoms with E-state index in [1.807, 2.05) is 17.0 Å². The molecule has 1 atom stereocenters. The monoisotopic (exact) mass is 397 g/mol. The van der Waals surface area contributed by atoms with Gasteiger partial charge >= 0.3 is 6.09 Å². The maximum Gasteiger partial charge on any atom is 0.414 e. The van der Waals surface area contributed by atoms with E-state index in [-0.39, 0.29) is 13.2 Å². The highest BCUT2D eigenvalue weighted by Gasteiger charge is 2.34. The fourth-order valence-electron chi connectivity index (χ4n) is 3.63. The summed E-state index contributed by atoms with van der Waals surface area (Å²) in [7, 11) is 0. The number of carbonyl (C=O) groups excluding carboxylic acids is 1. The topological polar surface area (TPSA) is 92.9 Å². The number of carbonyl (C=O) groups is 1. The Kier molecular flexibility index (Phi) is 5.18. The van der Waals surface area contributed by atoms with Crippen molar-refractivity contribution in [3.63, 3.8) is 0 Å². The number of nitrogens with zero attached hydrogens (tertiary/aromatic N) is 5. The molecule has 8 nitrogen and oxygen atoms in total. The highest BCUT2D eigenvalue weighted by Crippen LogP contribution is 2.29. The highest BCUT2D eigenvalue weighted by atomic mass is 19.1. The first kappa shape index (κ1) is 19.0. The van der Waals surface area contributed by atoms with Crippen LogP contribution in [0.5, 0.6) is 0 Å². The minimum atomic E-state index is -0.584. The van der Waals surface area contributed by atoms with Crippen molar-refractivity contribution in [2.45, 2.75) is 6.04 Å². The number of ether oxygens (including phenoxy) is 1. The maximum atomic E-state index is 14.8. The van der Waals surface area contributed by atoms with Crippen LogP contribution in [-0.2, 0) is 4.74 Å². The Hall–Kier alpha value is -3.38. The molecule has 9 heteroatoms. The summed E-state index contributed by atoms with van der Waals surface area (Å²) in [6.45, 7) is 2.41. The van der Waals surface area contributed by atoms with E-state index in [4.69, 9.17) is 10.00 Å². The minimum Gasteiger partial charge on any atom is -0.447 e. The summed E-state index contributed by atoms with van der Waals surface area (Å²) in [4.78, 5) is 21.5. The third-order valence-corrected chi connectivity index (χ3v) is 5.20. The number of amides is 1. The number of hydrogen-bond donors (Lipinski definition) is 1. The second-order valence-corrected chi connectivity index (χ2v) is 6.91. The Balaban J connectivity index is 1.44. The Morgan fingerprint density at radius 3 is 2.59 bits per heavy atom. The maximum absolute atomic E-state index is 14.8. The minimum absolute atomic E-state index is 0.0873. The van der Waals surface area contributed by atoms with E-state index >= 15 is 0 Å². The van der Waals surface area contributed by atoms with Gasteiger partial charge in [0, 0.05) is 32.4 Å². The van der Waals surface area contributed by atoms with Crippen LogP contribution in [0.2, 0.25) is 0 Å². The summed E-state index contributed by atoms with van der Waals surface area (Å²) in [5.41, 5.74) is 1.35. The number of aliphatic hydroxyl groups is 1. The van der Waals surface area contributed by atoms with Gasteiger partial charge in [-0.2, -0.15) is 5.26 Å². The lowest BCUT2D eigenvalue weighted by atomic mass is 10.2. The third-order valence-electron chi connectivity index (χ3n) is 5.20. The molecule has 0 spiro atoms. The summed E-state index contributed by atoms with van der Waals surface area (Å²) in [5.74, 6) is 0.367. The quantitative estimate of drug-likeness (QED) is 0.840. The number of aliphatic hydroxyl groups excluding tert-OH is 1. The van der Waals surface area contributed by atoms with Gasteiger partial charge in [-0.05, 0) is 30.3 Å². The molecule has 3 heterocycles.